The monoisotopic (exact) mass is 322 g/mol. The van der Waals surface area contributed by atoms with Crippen LogP contribution in [-0.2, 0) is 6.42 Å². The molecule has 0 spiro atoms. The molecule has 0 amide bonds. The number of azo groups is 1. The first-order valence-electron chi connectivity index (χ1n) is 7.67. The van der Waals surface area contributed by atoms with E-state index in [0.717, 1.165) is 11.3 Å². The number of benzene rings is 2. The van der Waals surface area contributed by atoms with Crippen LogP contribution in [0.2, 0.25) is 0 Å². The van der Waals surface area contributed by atoms with Gasteiger partial charge in [0.05, 0.1) is 17.1 Å². The molecule has 122 valence electrons. The Morgan fingerprint density at radius 2 is 1.75 bits per heavy atom. The molecule has 0 aliphatic carbocycles. The molecule has 0 saturated carbocycles. The Morgan fingerprint density at radius 1 is 1.04 bits per heavy atom. The summed E-state index contributed by atoms with van der Waals surface area (Å²) in [6, 6.07) is 16.7. The van der Waals surface area contributed by atoms with Gasteiger partial charge in [0, 0.05) is 6.61 Å². The van der Waals surface area contributed by atoms with Gasteiger partial charge in [-0.1, -0.05) is 30.3 Å². The van der Waals surface area contributed by atoms with E-state index in [-0.39, 0.29) is 12.2 Å². The third kappa shape index (κ3) is 3.33. The molecule has 3 aromatic rings. The highest BCUT2D eigenvalue weighted by Gasteiger charge is 2.11. The predicted octanol–water partition coefficient (Wildman–Crippen LogP) is 3.42. The molecular formula is C18H18N4O2. The molecule has 1 aromatic heterocycles. The maximum absolute atomic E-state index is 12.5. The van der Waals surface area contributed by atoms with Crippen LogP contribution in [0, 0.1) is 6.92 Å². The highest BCUT2D eigenvalue weighted by molar-refractivity contribution is 5.44. The molecule has 0 unspecified atom stereocenters. The number of para-hydroxylation sites is 1. The zero-order chi connectivity index (χ0) is 16.9. The van der Waals surface area contributed by atoms with Gasteiger partial charge in [0.25, 0.3) is 5.56 Å². The quantitative estimate of drug-likeness (QED) is 0.706. The average molecular weight is 322 g/mol. The molecular weight excluding hydrogens is 304 g/mol. The van der Waals surface area contributed by atoms with Crippen molar-refractivity contribution >= 4 is 11.4 Å². The van der Waals surface area contributed by atoms with Gasteiger partial charge < -0.3 is 5.11 Å². The summed E-state index contributed by atoms with van der Waals surface area (Å²) < 4.78 is 1.45. The Hall–Kier alpha value is -2.99. The van der Waals surface area contributed by atoms with Crippen molar-refractivity contribution in [3.8, 4) is 5.69 Å². The van der Waals surface area contributed by atoms with Crippen LogP contribution in [0.25, 0.3) is 5.69 Å². The first kappa shape index (κ1) is 15.9. The zero-order valence-electron chi connectivity index (χ0n) is 13.3. The molecule has 24 heavy (non-hydrogen) atoms. The topological polar surface area (TPSA) is 82.7 Å². The molecule has 0 aliphatic heterocycles. The van der Waals surface area contributed by atoms with Crippen molar-refractivity contribution in [3.05, 3.63) is 76.2 Å². The summed E-state index contributed by atoms with van der Waals surface area (Å²) in [5, 5.41) is 20.2. The van der Waals surface area contributed by atoms with Gasteiger partial charge in [0.2, 0.25) is 0 Å². The summed E-state index contributed by atoms with van der Waals surface area (Å²) >= 11 is 0. The highest BCUT2D eigenvalue weighted by Crippen LogP contribution is 2.19. The Labute approximate surface area is 139 Å². The average Bonchev–Trinajstić information content (AvgIpc) is 2.90. The fourth-order valence-corrected chi connectivity index (χ4v) is 2.38. The number of aromatic nitrogens is 2. The fraction of sp³-hybridized carbons (Fsp3) is 0.167. The minimum atomic E-state index is -0.237. The third-order valence-electron chi connectivity index (χ3n) is 3.66. The Morgan fingerprint density at radius 3 is 2.42 bits per heavy atom. The van der Waals surface area contributed by atoms with Crippen LogP contribution >= 0.6 is 0 Å². The molecule has 0 aliphatic rings. The summed E-state index contributed by atoms with van der Waals surface area (Å²) in [5.41, 5.74) is 3.14. The van der Waals surface area contributed by atoms with Crippen LogP contribution < -0.4 is 5.56 Å². The lowest BCUT2D eigenvalue weighted by atomic mass is 10.1. The van der Waals surface area contributed by atoms with Gasteiger partial charge in [0.15, 0.2) is 5.69 Å². The number of nitrogens with zero attached hydrogens (tertiary/aromatic N) is 3. The zero-order valence-corrected chi connectivity index (χ0v) is 13.3. The number of aliphatic hydroxyl groups excluding tert-OH is 1. The van der Waals surface area contributed by atoms with Gasteiger partial charge in [-0.05, 0) is 43.2 Å². The molecule has 0 bridgehead atoms. The minimum absolute atomic E-state index is 0.114. The SMILES string of the molecule is Cc1[nH]n(-c2ccccc2)c(=O)c1N=Nc1ccc(CCO)cc1. The molecule has 0 radical (unpaired) electrons. The maximum Gasteiger partial charge on any atom is 0.299 e. The second-order valence-corrected chi connectivity index (χ2v) is 5.40. The lowest BCUT2D eigenvalue weighted by molar-refractivity contribution is 0.299. The van der Waals surface area contributed by atoms with Gasteiger partial charge in [-0.15, -0.1) is 5.11 Å². The predicted molar refractivity (Wildman–Crippen MR) is 92.5 cm³/mol. The standard InChI is InChI=1S/C18H18N4O2/c1-13-17(18(24)22(21-13)16-5-3-2-4-6-16)20-19-15-9-7-14(8-10-15)11-12-23/h2-10,21,23H,11-12H2,1H3. The molecule has 2 aromatic carbocycles. The van der Waals surface area contributed by atoms with Crippen molar-refractivity contribution in [2.24, 2.45) is 10.2 Å². The smallest absolute Gasteiger partial charge is 0.299 e. The van der Waals surface area contributed by atoms with Crippen LogP contribution in [0.15, 0.2) is 69.6 Å². The number of aromatic amines is 1. The van der Waals surface area contributed by atoms with E-state index < -0.39 is 0 Å². The summed E-state index contributed by atoms with van der Waals surface area (Å²) in [6.45, 7) is 1.90. The van der Waals surface area contributed by atoms with E-state index in [2.05, 4.69) is 15.3 Å². The van der Waals surface area contributed by atoms with Crippen molar-refractivity contribution in [2.45, 2.75) is 13.3 Å². The van der Waals surface area contributed by atoms with E-state index in [1.54, 1.807) is 6.92 Å². The van der Waals surface area contributed by atoms with E-state index >= 15 is 0 Å². The highest BCUT2D eigenvalue weighted by atomic mass is 16.3. The van der Waals surface area contributed by atoms with Crippen molar-refractivity contribution in [1.29, 1.82) is 0 Å². The van der Waals surface area contributed by atoms with E-state index in [0.29, 0.717) is 23.5 Å². The van der Waals surface area contributed by atoms with Crippen molar-refractivity contribution in [3.63, 3.8) is 0 Å². The molecule has 3 rings (SSSR count). The van der Waals surface area contributed by atoms with Crippen molar-refractivity contribution in [2.75, 3.05) is 6.61 Å². The molecule has 2 N–H and O–H groups in total. The number of hydrogen-bond acceptors (Lipinski definition) is 4. The summed E-state index contributed by atoms with van der Waals surface area (Å²) in [4.78, 5) is 12.5. The Kier molecular flexibility index (Phi) is 4.67. The number of nitrogens with one attached hydrogen (secondary N) is 1. The van der Waals surface area contributed by atoms with Crippen LogP contribution in [0.5, 0.6) is 0 Å². The number of aliphatic hydroxyl groups is 1. The second kappa shape index (κ2) is 7.06. The molecule has 1 heterocycles. The number of hydrogen-bond donors (Lipinski definition) is 2. The maximum atomic E-state index is 12.5. The normalized spacial score (nSPS) is 11.2. The van der Waals surface area contributed by atoms with Gasteiger partial charge in [-0.25, -0.2) is 4.68 Å². The van der Waals surface area contributed by atoms with Gasteiger partial charge >= 0.3 is 0 Å². The first-order chi connectivity index (χ1) is 11.7. The lowest BCUT2D eigenvalue weighted by Gasteiger charge is -1.99. The molecule has 6 nitrogen and oxygen atoms in total. The molecule has 6 heteroatoms. The molecule has 0 atom stereocenters. The van der Waals surface area contributed by atoms with Crippen molar-refractivity contribution in [1.82, 2.24) is 9.78 Å². The largest absolute Gasteiger partial charge is 0.396 e. The van der Waals surface area contributed by atoms with E-state index in [1.807, 2.05) is 54.6 Å². The summed E-state index contributed by atoms with van der Waals surface area (Å²) in [7, 11) is 0. The molecule has 0 saturated heterocycles. The summed E-state index contributed by atoms with van der Waals surface area (Å²) in [5.74, 6) is 0. The van der Waals surface area contributed by atoms with E-state index in [1.165, 1.54) is 4.68 Å². The van der Waals surface area contributed by atoms with Gasteiger partial charge in [-0.2, -0.15) is 5.11 Å². The Balaban J connectivity index is 1.88. The number of aryl methyl sites for hydroxylation is 1. The van der Waals surface area contributed by atoms with Crippen molar-refractivity contribution < 1.29 is 5.11 Å². The van der Waals surface area contributed by atoms with Crippen LogP contribution in [0.3, 0.4) is 0 Å². The van der Waals surface area contributed by atoms with Gasteiger partial charge in [-0.3, -0.25) is 9.89 Å². The first-order valence-corrected chi connectivity index (χ1v) is 7.67. The second-order valence-electron chi connectivity index (χ2n) is 5.40. The Bertz CT molecular complexity index is 893. The van der Waals surface area contributed by atoms with Crippen LogP contribution in [0.4, 0.5) is 11.4 Å². The summed E-state index contributed by atoms with van der Waals surface area (Å²) in [6.07, 6.45) is 0.607. The lowest BCUT2D eigenvalue weighted by Crippen LogP contribution is -2.13. The third-order valence-corrected chi connectivity index (χ3v) is 3.66. The number of rotatable bonds is 5. The van der Waals surface area contributed by atoms with Gasteiger partial charge in [0.1, 0.15) is 0 Å². The number of H-pyrrole nitrogens is 1. The van der Waals surface area contributed by atoms with Crippen LogP contribution in [-0.4, -0.2) is 21.5 Å². The fourth-order valence-electron chi connectivity index (χ4n) is 2.38. The molecule has 0 fully saturated rings. The minimum Gasteiger partial charge on any atom is -0.396 e. The van der Waals surface area contributed by atoms with Crippen LogP contribution in [0.1, 0.15) is 11.3 Å². The van der Waals surface area contributed by atoms with E-state index in [9.17, 15) is 4.79 Å². The van der Waals surface area contributed by atoms with E-state index in [4.69, 9.17) is 5.11 Å².